The molecule has 162 valence electrons. The summed E-state index contributed by atoms with van der Waals surface area (Å²) in [5.74, 6) is -0.639. The number of alkyl halides is 3. The highest BCUT2D eigenvalue weighted by Crippen LogP contribution is 2.36. The minimum absolute atomic E-state index is 0.143. The van der Waals surface area contributed by atoms with E-state index in [9.17, 15) is 26.4 Å². The van der Waals surface area contributed by atoms with Crippen molar-refractivity contribution in [3.8, 4) is 0 Å². The Morgan fingerprint density at radius 1 is 1.10 bits per heavy atom. The number of morpholine rings is 1. The van der Waals surface area contributed by atoms with Crippen molar-refractivity contribution in [2.75, 3.05) is 43.0 Å². The summed E-state index contributed by atoms with van der Waals surface area (Å²) in [6.07, 6.45) is -4.63. The van der Waals surface area contributed by atoms with E-state index in [0.717, 1.165) is 12.1 Å². The predicted molar refractivity (Wildman–Crippen MR) is 103 cm³/mol. The van der Waals surface area contributed by atoms with Gasteiger partial charge in [-0.15, -0.1) is 0 Å². The number of benzene rings is 2. The first kappa shape index (κ1) is 21.9. The van der Waals surface area contributed by atoms with Crippen molar-refractivity contribution >= 4 is 27.4 Å². The number of rotatable bonds is 5. The Labute approximate surface area is 171 Å². The molecule has 2 aromatic carbocycles. The zero-order valence-electron chi connectivity index (χ0n) is 15.9. The smallest absolute Gasteiger partial charge is 0.416 e. The second kappa shape index (κ2) is 8.52. The molecule has 0 amide bonds. The average Bonchev–Trinajstić information content (AvgIpc) is 2.73. The van der Waals surface area contributed by atoms with E-state index < -0.39 is 27.7 Å². The number of nitrogens with one attached hydrogen (secondary N) is 1. The molecular weight excluding hydrogens is 425 g/mol. The molecular formula is C19H19F3N2O5S. The van der Waals surface area contributed by atoms with Crippen molar-refractivity contribution in [3.63, 3.8) is 0 Å². The van der Waals surface area contributed by atoms with Crippen LogP contribution in [0, 0.1) is 0 Å². The van der Waals surface area contributed by atoms with E-state index in [4.69, 9.17) is 4.74 Å². The number of anilines is 2. The van der Waals surface area contributed by atoms with E-state index in [-0.39, 0.29) is 16.1 Å². The molecule has 0 spiro atoms. The van der Waals surface area contributed by atoms with Gasteiger partial charge in [-0.05, 0) is 42.5 Å². The van der Waals surface area contributed by atoms with Crippen LogP contribution in [0.1, 0.15) is 15.9 Å². The van der Waals surface area contributed by atoms with Crippen molar-refractivity contribution in [2.45, 2.75) is 11.1 Å². The van der Waals surface area contributed by atoms with Gasteiger partial charge in [-0.25, -0.2) is 13.2 Å². The monoisotopic (exact) mass is 444 g/mol. The Morgan fingerprint density at radius 3 is 2.30 bits per heavy atom. The maximum absolute atomic E-state index is 13.2. The van der Waals surface area contributed by atoms with Crippen molar-refractivity contribution in [2.24, 2.45) is 0 Å². The van der Waals surface area contributed by atoms with Gasteiger partial charge in [-0.1, -0.05) is 0 Å². The van der Waals surface area contributed by atoms with Crippen LogP contribution in [-0.4, -0.2) is 47.8 Å². The lowest BCUT2D eigenvalue weighted by molar-refractivity contribution is -0.137. The van der Waals surface area contributed by atoms with Crippen LogP contribution < -0.4 is 9.62 Å². The van der Waals surface area contributed by atoms with Gasteiger partial charge in [0.2, 0.25) is 0 Å². The lowest BCUT2D eigenvalue weighted by atomic mass is 10.1. The van der Waals surface area contributed by atoms with Crippen molar-refractivity contribution in [3.05, 3.63) is 53.6 Å². The van der Waals surface area contributed by atoms with E-state index in [1.165, 1.54) is 37.4 Å². The normalized spacial score (nSPS) is 15.0. The van der Waals surface area contributed by atoms with Gasteiger partial charge in [0.1, 0.15) is 0 Å². The fraction of sp³-hybridized carbons (Fsp3) is 0.316. The predicted octanol–water partition coefficient (Wildman–Crippen LogP) is 3.13. The first-order valence-electron chi connectivity index (χ1n) is 8.87. The molecule has 1 saturated heterocycles. The Morgan fingerprint density at radius 2 is 1.73 bits per heavy atom. The molecule has 0 bridgehead atoms. The molecule has 2 aromatic rings. The van der Waals surface area contributed by atoms with Gasteiger partial charge in [0.15, 0.2) is 0 Å². The van der Waals surface area contributed by atoms with Crippen molar-refractivity contribution < 1.29 is 35.9 Å². The van der Waals surface area contributed by atoms with Crippen LogP contribution >= 0.6 is 0 Å². The zero-order valence-corrected chi connectivity index (χ0v) is 16.7. The molecule has 1 heterocycles. The number of ether oxygens (including phenoxy) is 2. The minimum atomic E-state index is -4.63. The number of esters is 1. The molecule has 7 nitrogen and oxygen atoms in total. The number of sulfonamides is 1. The summed E-state index contributed by atoms with van der Waals surface area (Å²) in [4.78, 5) is 13.1. The van der Waals surface area contributed by atoms with Gasteiger partial charge in [0.25, 0.3) is 10.0 Å². The van der Waals surface area contributed by atoms with E-state index in [1.54, 1.807) is 4.90 Å². The van der Waals surface area contributed by atoms with Crippen LogP contribution in [0.4, 0.5) is 24.5 Å². The number of carbonyl (C=O) groups excluding carboxylic acids is 1. The standard InChI is InChI=1S/C19H19F3N2O5S/c1-28-18(25)13-2-5-15(6-3-13)30(26,27)23-16-12-14(19(20,21)22)4-7-17(16)24-8-10-29-11-9-24/h2-7,12,23H,8-11H2,1H3. The van der Waals surface area contributed by atoms with Crippen molar-refractivity contribution in [1.82, 2.24) is 0 Å². The molecule has 1 aliphatic rings. The summed E-state index contributed by atoms with van der Waals surface area (Å²) in [5.41, 5.74) is -0.701. The van der Waals surface area contributed by atoms with Gasteiger partial charge < -0.3 is 14.4 Å². The third-order valence-electron chi connectivity index (χ3n) is 4.51. The molecule has 0 saturated carbocycles. The van der Waals surface area contributed by atoms with Gasteiger partial charge in [-0.2, -0.15) is 13.2 Å². The van der Waals surface area contributed by atoms with Gasteiger partial charge in [0, 0.05) is 13.1 Å². The summed E-state index contributed by atoms with van der Waals surface area (Å²) >= 11 is 0. The number of hydrogen-bond donors (Lipinski definition) is 1. The number of carbonyl (C=O) groups is 1. The Hall–Kier alpha value is -2.79. The van der Waals surface area contributed by atoms with Crippen LogP contribution in [0.25, 0.3) is 0 Å². The summed E-state index contributed by atoms with van der Waals surface area (Å²) < 4.78 is 77.2. The number of nitrogens with zero attached hydrogens (tertiary/aromatic N) is 1. The average molecular weight is 444 g/mol. The molecule has 1 aliphatic heterocycles. The lowest BCUT2D eigenvalue weighted by Crippen LogP contribution is -2.36. The largest absolute Gasteiger partial charge is 0.465 e. The SMILES string of the molecule is COC(=O)c1ccc(S(=O)(=O)Nc2cc(C(F)(F)F)ccc2N2CCOCC2)cc1. The second-order valence-corrected chi connectivity index (χ2v) is 8.13. The van der Waals surface area contributed by atoms with Crippen LogP contribution in [0.15, 0.2) is 47.4 Å². The number of halogens is 3. The lowest BCUT2D eigenvalue weighted by Gasteiger charge is -2.31. The first-order chi connectivity index (χ1) is 14.1. The van der Waals surface area contributed by atoms with Gasteiger partial charge >= 0.3 is 12.1 Å². The van der Waals surface area contributed by atoms with Gasteiger partial charge in [0.05, 0.1) is 47.7 Å². The Balaban J connectivity index is 1.97. The second-order valence-electron chi connectivity index (χ2n) is 6.45. The molecule has 0 aromatic heterocycles. The van der Waals surface area contributed by atoms with Crippen LogP contribution in [0.2, 0.25) is 0 Å². The third-order valence-corrected chi connectivity index (χ3v) is 5.89. The fourth-order valence-corrected chi connectivity index (χ4v) is 4.03. The van der Waals surface area contributed by atoms with Gasteiger partial charge in [-0.3, -0.25) is 4.72 Å². The van der Waals surface area contributed by atoms with Crippen molar-refractivity contribution in [1.29, 1.82) is 0 Å². The Kier molecular flexibility index (Phi) is 6.22. The summed E-state index contributed by atoms with van der Waals surface area (Å²) in [6.45, 7) is 1.58. The molecule has 0 aliphatic carbocycles. The fourth-order valence-electron chi connectivity index (χ4n) is 2.97. The molecule has 0 atom stereocenters. The van der Waals surface area contributed by atoms with E-state index in [1.807, 2.05) is 0 Å². The zero-order chi connectivity index (χ0) is 21.9. The maximum Gasteiger partial charge on any atom is 0.416 e. The highest BCUT2D eigenvalue weighted by Gasteiger charge is 2.32. The van der Waals surface area contributed by atoms with E-state index >= 15 is 0 Å². The Bertz CT molecular complexity index is 1020. The topological polar surface area (TPSA) is 84.9 Å². The molecule has 3 rings (SSSR count). The summed E-state index contributed by atoms with van der Waals surface area (Å²) in [6, 6.07) is 7.79. The molecule has 11 heteroatoms. The quantitative estimate of drug-likeness (QED) is 0.714. The molecule has 1 fully saturated rings. The van der Waals surface area contributed by atoms with Crippen LogP contribution in [0.3, 0.4) is 0 Å². The molecule has 1 N–H and O–H groups in total. The molecule has 0 radical (unpaired) electrons. The van der Waals surface area contributed by atoms with Crippen LogP contribution in [-0.2, 0) is 25.7 Å². The number of hydrogen-bond acceptors (Lipinski definition) is 6. The highest BCUT2D eigenvalue weighted by atomic mass is 32.2. The highest BCUT2D eigenvalue weighted by molar-refractivity contribution is 7.92. The third kappa shape index (κ3) is 4.85. The van der Waals surface area contributed by atoms with Crippen LogP contribution in [0.5, 0.6) is 0 Å². The maximum atomic E-state index is 13.2. The minimum Gasteiger partial charge on any atom is -0.465 e. The summed E-state index contributed by atoms with van der Waals surface area (Å²) in [5, 5.41) is 0. The van der Waals surface area contributed by atoms with E-state index in [0.29, 0.717) is 32.0 Å². The van der Waals surface area contributed by atoms with E-state index in [2.05, 4.69) is 9.46 Å². The number of methoxy groups -OCH3 is 1. The summed E-state index contributed by atoms with van der Waals surface area (Å²) in [7, 11) is -3.02. The molecule has 0 unspecified atom stereocenters. The molecule has 30 heavy (non-hydrogen) atoms. The first-order valence-corrected chi connectivity index (χ1v) is 10.4.